The monoisotopic (exact) mass is 562 g/mol. The molecule has 0 unspecified atom stereocenters. The molecule has 0 aliphatic carbocycles. The molecule has 2 atom stereocenters. The molecule has 0 bridgehead atoms. The number of piperazine rings is 1. The number of rotatable bonds is 6. The van der Waals surface area contributed by atoms with Crippen molar-refractivity contribution in [2.75, 3.05) is 39.8 Å². The summed E-state index contributed by atoms with van der Waals surface area (Å²) in [6.07, 6.45) is -4.49. The van der Waals surface area contributed by atoms with Gasteiger partial charge in [-0.3, -0.25) is 14.6 Å². The second-order valence-electron chi connectivity index (χ2n) is 9.74. The summed E-state index contributed by atoms with van der Waals surface area (Å²) < 4.78 is 58.1. The molecule has 0 spiro atoms. The third-order valence-electron chi connectivity index (χ3n) is 7.06. The van der Waals surface area contributed by atoms with Crippen LogP contribution in [0.5, 0.6) is 0 Å². The summed E-state index contributed by atoms with van der Waals surface area (Å²) in [6, 6.07) is 8.03. The maximum absolute atomic E-state index is 14.0. The first-order valence-corrected chi connectivity index (χ1v) is 12.8. The number of nitrogens with one attached hydrogen (secondary N) is 1. The van der Waals surface area contributed by atoms with Crippen LogP contribution in [-0.2, 0) is 15.7 Å². The predicted molar refractivity (Wildman–Crippen MR) is 137 cm³/mol. The Labute approximate surface area is 229 Å². The Morgan fingerprint density at radius 1 is 1.10 bits per heavy atom. The molecule has 1 saturated heterocycles. The van der Waals surface area contributed by atoms with Crippen LogP contribution in [0.3, 0.4) is 0 Å². The van der Waals surface area contributed by atoms with E-state index in [2.05, 4.69) is 5.32 Å². The lowest BCUT2D eigenvalue weighted by molar-refractivity contribution is -0.139. The zero-order valence-corrected chi connectivity index (χ0v) is 22.3. The number of esters is 1. The highest BCUT2D eigenvalue weighted by atomic mass is 19.4. The van der Waals surface area contributed by atoms with Gasteiger partial charge in [0.25, 0.3) is 5.91 Å². The van der Waals surface area contributed by atoms with Crippen LogP contribution in [0.1, 0.15) is 41.4 Å². The molecule has 0 radical (unpaired) electrons. The van der Waals surface area contributed by atoms with Crippen molar-refractivity contribution in [1.29, 1.82) is 0 Å². The van der Waals surface area contributed by atoms with Crippen LogP contribution in [0.15, 0.2) is 59.8 Å². The van der Waals surface area contributed by atoms with Crippen molar-refractivity contribution in [3.63, 3.8) is 0 Å². The molecular weight excluding hydrogens is 532 g/mol. The van der Waals surface area contributed by atoms with Gasteiger partial charge in [0.05, 0.1) is 23.8 Å². The molecule has 1 N–H and O–H groups in total. The number of hydrogen-bond acceptors (Lipinski definition) is 5. The van der Waals surface area contributed by atoms with E-state index in [1.807, 2.05) is 11.8 Å². The molecule has 2 aromatic rings. The highest BCUT2D eigenvalue weighted by Gasteiger charge is 2.39. The minimum atomic E-state index is -4.49. The van der Waals surface area contributed by atoms with Crippen LogP contribution >= 0.6 is 0 Å². The van der Waals surface area contributed by atoms with Gasteiger partial charge in [0.2, 0.25) is 0 Å². The van der Waals surface area contributed by atoms with Gasteiger partial charge in [0.1, 0.15) is 5.82 Å². The van der Waals surface area contributed by atoms with E-state index in [0.29, 0.717) is 24.4 Å². The first-order chi connectivity index (χ1) is 18.9. The second-order valence-corrected chi connectivity index (χ2v) is 9.74. The Bertz CT molecular complexity index is 1310. The number of halogens is 4. The lowest BCUT2D eigenvalue weighted by Crippen LogP contribution is -2.56. The van der Waals surface area contributed by atoms with Gasteiger partial charge in [0.15, 0.2) is 0 Å². The maximum atomic E-state index is 14.0. The summed E-state index contributed by atoms with van der Waals surface area (Å²) >= 11 is 0. The van der Waals surface area contributed by atoms with Crippen LogP contribution in [0, 0.1) is 5.82 Å². The number of hydrogen-bond donors (Lipinski definition) is 1. The Morgan fingerprint density at radius 2 is 1.80 bits per heavy atom. The van der Waals surface area contributed by atoms with Crippen LogP contribution in [0.25, 0.3) is 0 Å². The molecule has 40 heavy (non-hydrogen) atoms. The van der Waals surface area contributed by atoms with Crippen molar-refractivity contribution in [3.8, 4) is 0 Å². The molecule has 8 nitrogen and oxygen atoms in total. The van der Waals surface area contributed by atoms with E-state index in [1.165, 1.54) is 42.3 Å². The normalized spacial score (nSPS) is 20.4. The Morgan fingerprint density at radius 3 is 2.40 bits per heavy atom. The highest BCUT2D eigenvalue weighted by molar-refractivity contribution is 5.95. The summed E-state index contributed by atoms with van der Waals surface area (Å²) in [5, 5.41) is 2.75. The largest absolute Gasteiger partial charge is 0.463 e. The molecule has 0 aromatic heterocycles. The molecule has 214 valence electrons. The fourth-order valence-corrected chi connectivity index (χ4v) is 4.99. The van der Waals surface area contributed by atoms with E-state index in [0.717, 1.165) is 12.1 Å². The average Bonchev–Trinajstić information content (AvgIpc) is 2.90. The first-order valence-electron chi connectivity index (χ1n) is 12.8. The van der Waals surface area contributed by atoms with Crippen LogP contribution in [0.2, 0.25) is 0 Å². The van der Waals surface area contributed by atoms with E-state index < -0.39 is 35.6 Å². The lowest BCUT2D eigenvalue weighted by atomic mass is 9.94. The highest BCUT2D eigenvalue weighted by Crippen LogP contribution is 2.33. The minimum Gasteiger partial charge on any atom is -0.463 e. The molecule has 2 aromatic carbocycles. The number of urea groups is 1. The lowest BCUT2D eigenvalue weighted by Gasteiger charge is -2.42. The number of nitrogens with zero attached hydrogens (tertiary/aromatic N) is 3. The van der Waals surface area contributed by atoms with Gasteiger partial charge in [-0.1, -0.05) is 12.1 Å². The maximum Gasteiger partial charge on any atom is 0.416 e. The van der Waals surface area contributed by atoms with Gasteiger partial charge in [-0.2, -0.15) is 13.2 Å². The number of carbonyl (C=O) groups excluding carboxylic acids is 3. The third kappa shape index (κ3) is 6.11. The second kappa shape index (κ2) is 11.7. The molecule has 3 amide bonds. The smallest absolute Gasteiger partial charge is 0.416 e. The van der Waals surface area contributed by atoms with E-state index >= 15 is 0 Å². The van der Waals surface area contributed by atoms with Gasteiger partial charge < -0.3 is 15.0 Å². The zero-order valence-electron chi connectivity index (χ0n) is 22.3. The van der Waals surface area contributed by atoms with Gasteiger partial charge in [-0.05, 0) is 55.8 Å². The van der Waals surface area contributed by atoms with Gasteiger partial charge >= 0.3 is 18.2 Å². The molecule has 2 heterocycles. The topological polar surface area (TPSA) is 82.2 Å². The van der Waals surface area contributed by atoms with Gasteiger partial charge in [0, 0.05) is 50.5 Å². The van der Waals surface area contributed by atoms with Crippen molar-refractivity contribution in [3.05, 3.63) is 82.3 Å². The quantitative estimate of drug-likeness (QED) is 0.422. The molecular formula is C28H30F4N4O4. The molecule has 12 heteroatoms. The summed E-state index contributed by atoms with van der Waals surface area (Å²) in [5.74, 6) is -1.53. The van der Waals surface area contributed by atoms with Crippen LogP contribution in [-0.4, -0.2) is 78.5 Å². The number of alkyl halides is 3. The molecule has 0 saturated carbocycles. The van der Waals surface area contributed by atoms with E-state index in [9.17, 15) is 31.9 Å². The third-order valence-corrected chi connectivity index (χ3v) is 7.06. The van der Waals surface area contributed by atoms with Crippen molar-refractivity contribution in [2.24, 2.45) is 0 Å². The fraction of sp³-hybridized carbons (Fsp3) is 0.393. The standard InChI is InChI=1S/C28H30F4N4O4/c1-4-40-26(38)23-22(34(3)27(39)33-24(23)19-6-5-7-21(29)14-19)16-35-12-13-36(17(2)15-35)25(37)18-8-10-20(11-9-18)28(30,31)32/h5-11,14,17,24H,4,12-13,15-16H2,1-3H3,(H,33,39)/t17-,24-/m0/s1. The number of carbonyl (C=O) groups is 3. The fourth-order valence-electron chi connectivity index (χ4n) is 4.99. The summed E-state index contributed by atoms with van der Waals surface area (Å²) in [5.41, 5.74) is 0.297. The summed E-state index contributed by atoms with van der Waals surface area (Å²) in [6.45, 7) is 4.81. The molecule has 2 aliphatic rings. The van der Waals surface area contributed by atoms with Crippen molar-refractivity contribution < 1.29 is 36.7 Å². The van der Waals surface area contributed by atoms with Crippen LogP contribution < -0.4 is 5.32 Å². The summed E-state index contributed by atoms with van der Waals surface area (Å²) in [7, 11) is 1.53. The Hall–Kier alpha value is -3.93. The Balaban J connectivity index is 1.56. The van der Waals surface area contributed by atoms with Gasteiger partial charge in [-0.15, -0.1) is 0 Å². The van der Waals surface area contributed by atoms with E-state index in [1.54, 1.807) is 17.9 Å². The van der Waals surface area contributed by atoms with Gasteiger partial charge in [-0.25, -0.2) is 14.0 Å². The average molecular weight is 563 g/mol. The van der Waals surface area contributed by atoms with Crippen molar-refractivity contribution in [1.82, 2.24) is 20.0 Å². The number of amides is 3. The van der Waals surface area contributed by atoms with Crippen LogP contribution in [0.4, 0.5) is 22.4 Å². The SMILES string of the molecule is CCOC(=O)C1=C(CN2CCN(C(=O)c3ccc(C(F)(F)F)cc3)[C@@H](C)C2)N(C)C(=O)N[C@H]1c1cccc(F)c1. The van der Waals surface area contributed by atoms with Crippen molar-refractivity contribution in [2.45, 2.75) is 32.1 Å². The molecule has 1 fully saturated rings. The molecule has 2 aliphatic heterocycles. The van der Waals surface area contributed by atoms with Crippen molar-refractivity contribution >= 4 is 17.9 Å². The number of likely N-dealkylation sites (N-methyl/N-ethyl adjacent to an activating group) is 1. The van der Waals surface area contributed by atoms with E-state index in [-0.39, 0.29) is 42.8 Å². The predicted octanol–water partition coefficient (Wildman–Crippen LogP) is 4.20. The molecule has 4 rings (SSSR count). The first kappa shape index (κ1) is 29.1. The Kier molecular flexibility index (Phi) is 8.48. The zero-order chi connectivity index (χ0) is 29.2. The minimum absolute atomic E-state index is 0.102. The number of benzene rings is 2. The van der Waals surface area contributed by atoms with E-state index in [4.69, 9.17) is 4.74 Å². The number of ether oxygens (including phenoxy) is 1. The summed E-state index contributed by atoms with van der Waals surface area (Å²) in [4.78, 5) is 44.0.